The Morgan fingerprint density at radius 1 is 1.22 bits per heavy atom. The Labute approximate surface area is 138 Å². The molecule has 1 aromatic heterocycles. The maximum Gasteiger partial charge on any atom is 0.496 e. The Bertz CT molecular complexity index is 603. The topological polar surface area (TPSA) is 49.7 Å². The summed E-state index contributed by atoms with van der Waals surface area (Å²) in [6.45, 7) is 9.62. The minimum Gasteiger partial charge on any atom is -0.399 e. The van der Waals surface area contributed by atoms with Gasteiger partial charge in [0.05, 0.1) is 17.3 Å². The smallest absolute Gasteiger partial charge is 0.399 e. The van der Waals surface area contributed by atoms with Gasteiger partial charge in [-0.25, -0.2) is 0 Å². The molecule has 2 saturated heterocycles. The Hall–Kier alpha value is -1.11. The summed E-state index contributed by atoms with van der Waals surface area (Å²) < 4.78 is 19.5. The molecule has 5 nitrogen and oxygen atoms in total. The normalized spacial score (nSPS) is 25.9. The van der Waals surface area contributed by atoms with Crippen LogP contribution in [0, 0.1) is 0 Å². The van der Waals surface area contributed by atoms with Crippen LogP contribution in [0.2, 0.25) is 0 Å². The van der Waals surface area contributed by atoms with Gasteiger partial charge in [0.1, 0.15) is 0 Å². The van der Waals surface area contributed by atoms with Crippen LogP contribution in [0.1, 0.15) is 47.0 Å². The van der Waals surface area contributed by atoms with Gasteiger partial charge in [0.15, 0.2) is 0 Å². The van der Waals surface area contributed by atoms with E-state index in [-0.39, 0.29) is 22.9 Å². The highest BCUT2D eigenvalue weighted by molar-refractivity contribution is 6.62. The van der Waals surface area contributed by atoms with Crippen molar-refractivity contribution in [1.29, 1.82) is 0 Å². The fourth-order valence-corrected chi connectivity index (χ4v) is 3.00. The van der Waals surface area contributed by atoms with Gasteiger partial charge in [0.25, 0.3) is 0 Å². The van der Waals surface area contributed by atoms with E-state index in [0.717, 1.165) is 31.3 Å². The van der Waals surface area contributed by atoms with Crippen molar-refractivity contribution in [3.63, 3.8) is 0 Å². The number of aryl methyl sites for hydroxylation is 1. The second-order valence-electron chi connectivity index (χ2n) is 7.51. The van der Waals surface area contributed by atoms with E-state index in [1.54, 1.807) is 16.7 Å². The number of aromatic nitrogens is 1. The highest BCUT2D eigenvalue weighted by Crippen LogP contribution is 2.36. The van der Waals surface area contributed by atoms with Crippen molar-refractivity contribution >= 4 is 12.6 Å². The van der Waals surface area contributed by atoms with Crippen LogP contribution in [0.3, 0.4) is 0 Å². The Morgan fingerprint density at radius 2 is 1.91 bits per heavy atom. The molecule has 2 aliphatic heterocycles. The van der Waals surface area contributed by atoms with Gasteiger partial charge in [-0.1, -0.05) is 6.07 Å². The molecule has 0 bridgehead atoms. The quantitative estimate of drug-likeness (QED) is 0.793. The van der Waals surface area contributed by atoms with Crippen molar-refractivity contribution in [3.8, 4) is 0 Å². The molecule has 0 N–H and O–H groups in total. The van der Waals surface area contributed by atoms with Crippen LogP contribution < -0.4 is 11.0 Å². The number of hydrogen-bond donors (Lipinski definition) is 0. The third-order valence-corrected chi connectivity index (χ3v) is 5.25. The van der Waals surface area contributed by atoms with Gasteiger partial charge in [-0.05, 0) is 52.4 Å². The molecular weight excluding hydrogens is 293 g/mol. The molecule has 23 heavy (non-hydrogen) atoms. The lowest BCUT2D eigenvalue weighted by Crippen LogP contribution is -2.41. The van der Waals surface area contributed by atoms with Gasteiger partial charge in [-0.3, -0.25) is 4.79 Å². The first kappa shape index (κ1) is 16.7. The van der Waals surface area contributed by atoms with E-state index in [9.17, 15) is 4.79 Å². The second kappa shape index (κ2) is 6.08. The van der Waals surface area contributed by atoms with E-state index >= 15 is 0 Å². The van der Waals surface area contributed by atoms with Gasteiger partial charge < -0.3 is 18.6 Å². The molecule has 1 aromatic rings. The van der Waals surface area contributed by atoms with Gasteiger partial charge in [-0.15, -0.1) is 0 Å². The number of nitrogens with zero attached hydrogens (tertiary/aromatic N) is 1. The largest absolute Gasteiger partial charge is 0.496 e. The average molecular weight is 319 g/mol. The van der Waals surface area contributed by atoms with Crippen LogP contribution in [0.5, 0.6) is 0 Å². The Balaban J connectivity index is 1.74. The maximum atomic E-state index is 12.1. The zero-order valence-electron chi connectivity index (χ0n) is 14.5. The van der Waals surface area contributed by atoms with Crippen LogP contribution in [-0.2, 0) is 20.6 Å². The lowest BCUT2D eigenvalue weighted by Gasteiger charge is -2.32. The summed E-state index contributed by atoms with van der Waals surface area (Å²) >= 11 is 0. The highest BCUT2D eigenvalue weighted by atomic mass is 16.7. The fraction of sp³-hybridized carbons (Fsp3) is 0.706. The monoisotopic (exact) mass is 319 g/mol. The molecule has 3 rings (SSSR count). The van der Waals surface area contributed by atoms with Gasteiger partial charge in [0.2, 0.25) is 5.56 Å². The van der Waals surface area contributed by atoms with Crippen molar-refractivity contribution in [3.05, 3.63) is 28.7 Å². The first-order valence-corrected chi connectivity index (χ1v) is 8.46. The molecule has 0 amide bonds. The summed E-state index contributed by atoms with van der Waals surface area (Å²) in [5, 5.41) is 0. The minimum atomic E-state index is -0.436. The summed E-state index contributed by atoms with van der Waals surface area (Å²) in [4.78, 5) is 12.1. The molecule has 3 heterocycles. The summed E-state index contributed by atoms with van der Waals surface area (Å²) in [6.07, 6.45) is 5.22. The lowest BCUT2D eigenvalue weighted by molar-refractivity contribution is 0.00578. The predicted octanol–water partition coefficient (Wildman–Crippen LogP) is 1.72. The van der Waals surface area contributed by atoms with E-state index in [4.69, 9.17) is 14.0 Å². The molecule has 2 aliphatic rings. The molecule has 1 atom stereocenters. The maximum absolute atomic E-state index is 12.1. The van der Waals surface area contributed by atoms with Crippen molar-refractivity contribution in [2.75, 3.05) is 6.61 Å². The standard InChI is InChI=1S/C17H26BNO4/c1-16(2)17(3,4)23-18(22-16)13-7-8-15(20)19(12-13)10-9-14-6-5-11-21-14/h7-8,12,14H,5-6,9-11H2,1-4H3. The molecule has 0 aromatic carbocycles. The van der Waals surface area contributed by atoms with Crippen molar-refractivity contribution in [2.45, 2.75) is 70.8 Å². The zero-order valence-corrected chi connectivity index (χ0v) is 14.5. The summed E-state index contributed by atoms with van der Waals surface area (Å²) in [6, 6.07) is 3.39. The average Bonchev–Trinajstić information content (AvgIpc) is 3.05. The van der Waals surface area contributed by atoms with Crippen LogP contribution >= 0.6 is 0 Å². The third-order valence-electron chi connectivity index (χ3n) is 5.25. The number of rotatable bonds is 4. The van der Waals surface area contributed by atoms with E-state index in [2.05, 4.69) is 0 Å². The first-order valence-electron chi connectivity index (χ1n) is 8.46. The minimum absolute atomic E-state index is 0.00302. The van der Waals surface area contributed by atoms with Crippen molar-refractivity contribution < 1.29 is 14.0 Å². The predicted molar refractivity (Wildman–Crippen MR) is 90.0 cm³/mol. The molecule has 6 heteroatoms. The van der Waals surface area contributed by atoms with Crippen LogP contribution in [0.4, 0.5) is 0 Å². The van der Waals surface area contributed by atoms with Crippen LogP contribution in [-0.4, -0.2) is 35.6 Å². The van der Waals surface area contributed by atoms with Crippen LogP contribution in [0.15, 0.2) is 23.1 Å². The van der Waals surface area contributed by atoms with E-state index in [1.807, 2.05) is 33.9 Å². The fourth-order valence-electron chi connectivity index (χ4n) is 3.00. The lowest BCUT2D eigenvalue weighted by atomic mass is 9.80. The molecule has 0 spiro atoms. The third kappa shape index (κ3) is 3.39. The van der Waals surface area contributed by atoms with E-state index in [0.29, 0.717) is 6.54 Å². The van der Waals surface area contributed by atoms with E-state index in [1.165, 1.54) is 0 Å². The zero-order chi connectivity index (χ0) is 16.7. The number of hydrogen-bond acceptors (Lipinski definition) is 4. The Morgan fingerprint density at radius 3 is 2.52 bits per heavy atom. The summed E-state index contributed by atoms with van der Waals surface area (Å²) in [5.74, 6) is 0. The van der Waals surface area contributed by atoms with Gasteiger partial charge in [0, 0.05) is 25.4 Å². The number of pyridine rings is 1. The summed E-state index contributed by atoms with van der Waals surface area (Å²) in [7, 11) is -0.436. The van der Waals surface area contributed by atoms with Gasteiger partial charge >= 0.3 is 7.12 Å². The van der Waals surface area contributed by atoms with Crippen molar-refractivity contribution in [2.24, 2.45) is 0 Å². The molecule has 1 unspecified atom stereocenters. The Kier molecular flexibility index (Phi) is 4.42. The molecule has 0 aliphatic carbocycles. The molecule has 126 valence electrons. The second-order valence-corrected chi connectivity index (χ2v) is 7.51. The van der Waals surface area contributed by atoms with Gasteiger partial charge in [-0.2, -0.15) is 0 Å². The molecule has 2 fully saturated rings. The molecule has 0 saturated carbocycles. The summed E-state index contributed by atoms with van der Waals surface area (Å²) in [5.41, 5.74) is 0.131. The number of ether oxygens (including phenoxy) is 1. The van der Waals surface area contributed by atoms with Crippen molar-refractivity contribution in [1.82, 2.24) is 4.57 Å². The van der Waals surface area contributed by atoms with Crippen LogP contribution in [0.25, 0.3) is 0 Å². The highest BCUT2D eigenvalue weighted by Gasteiger charge is 2.51. The van der Waals surface area contributed by atoms with E-state index < -0.39 is 7.12 Å². The first-order chi connectivity index (χ1) is 10.8. The SMILES string of the molecule is CC1(C)OB(c2ccc(=O)n(CCC3CCCO3)c2)OC1(C)C. The molecule has 0 radical (unpaired) electrons. The molecular formula is C17H26BNO4.